The SMILES string of the molecule is [Cu].[Mn].[Ni].[Pd]. The predicted molar refractivity (Wildman–Crippen MR) is 0 cm³/mol. The fourth-order valence-corrected chi connectivity index (χ4v) is 0. The summed E-state index contributed by atoms with van der Waals surface area (Å²) in [5, 5.41) is 0. The minimum absolute atomic E-state index is 0. The Morgan fingerprint density at radius 2 is 1.00 bits per heavy atom. The van der Waals surface area contributed by atoms with E-state index in [4.69, 9.17) is 0 Å². The van der Waals surface area contributed by atoms with Gasteiger partial charge in [-0.05, 0) is 0 Å². The van der Waals surface area contributed by atoms with Gasteiger partial charge in [0.2, 0.25) is 0 Å². The van der Waals surface area contributed by atoms with Crippen LogP contribution in [0.1, 0.15) is 0 Å². The van der Waals surface area contributed by atoms with Crippen molar-refractivity contribution in [3.05, 3.63) is 0 Å². The molecule has 0 unspecified atom stereocenters. The largest absolute Gasteiger partial charge is 0 e. The van der Waals surface area contributed by atoms with Crippen molar-refractivity contribution in [3.63, 3.8) is 0 Å². The molecule has 0 fully saturated rings. The molecule has 0 rings (SSSR count). The molecule has 38 valence electrons. The first-order valence-corrected chi connectivity index (χ1v) is 0. The maximum absolute atomic E-state index is 0. The van der Waals surface area contributed by atoms with E-state index in [9.17, 15) is 0 Å². The second-order valence-corrected chi connectivity index (χ2v) is 0. The molecule has 0 atom stereocenters. The summed E-state index contributed by atoms with van der Waals surface area (Å²) in [7, 11) is 0. The number of rotatable bonds is 0. The van der Waals surface area contributed by atoms with Crippen molar-refractivity contribution in [3.8, 4) is 0 Å². The Morgan fingerprint density at radius 1 is 1.00 bits per heavy atom. The molecular formula is CuMnNiPd. The van der Waals surface area contributed by atoms with E-state index in [2.05, 4.69) is 0 Å². The first-order chi connectivity index (χ1) is 0. The van der Waals surface area contributed by atoms with Gasteiger partial charge in [-0.3, -0.25) is 0 Å². The summed E-state index contributed by atoms with van der Waals surface area (Å²) in [6.07, 6.45) is 0. The third kappa shape index (κ3) is 8.89. The van der Waals surface area contributed by atoms with E-state index in [-0.39, 0.29) is 71.1 Å². The second-order valence-electron chi connectivity index (χ2n) is 0. The van der Waals surface area contributed by atoms with Crippen molar-refractivity contribution in [1.82, 2.24) is 0 Å². The van der Waals surface area contributed by atoms with E-state index in [1.54, 1.807) is 0 Å². The molecule has 0 bridgehead atoms. The van der Waals surface area contributed by atoms with Crippen LogP contribution < -0.4 is 0 Å². The molecule has 0 aromatic heterocycles. The van der Waals surface area contributed by atoms with Crippen LogP contribution in [-0.2, 0) is 71.1 Å². The van der Waals surface area contributed by atoms with Crippen LogP contribution in [0.5, 0.6) is 0 Å². The van der Waals surface area contributed by atoms with Crippen molar-refractivity contribution < 1.29 is 71.1 Å². The van der Waals surface area contributed by atoms with E-state index in [1.807, 2.05) is 0 Å². The summed E-state index contributed by atoms with van der Waals surface area (Å²) in [6.45, 7) is 0. The molecule has 0 N–H and O–H groups in total. The Bertz CT molecular complexity index is 8.00. The third-order valence-electron chi connectivity index (χ3n) is 0. The van der Waals surface area contributed by atoms with Gasteiger partial charge in [-0.1, -0.05) is 0 Å². The number of hydrogen-bond acceptors (Lipinski definition) is 0. The Morgan fingerprint density at radius 3 is 1.00 bits per heavy atom. The monoisotopic (exact) mass is 282 g/mol. The van der Waals surface area contributed by atoms with Crippen molar-refractivity contribution in [2.75, 3.05) is 0 Å². The molecule has 4 heteroatoms. The molecule has 0 nitrogen and oxygen atoms in total. The van der Waals surface area contributed by atoms with E-state index >= 15 is 0 Å². The molecular weight excluding hydrogens is 284 g/mol. The topological polar surface area (TPSA) is 0 Å². The number of hydrogen-bond donors (Lipinski definition) is 0. The van der Waals surface area contributed by atoms with Crippen LogP contribution in [0.2, 0.25) is 0 Å². The zero-order valence-electron chi connectivity index (χ0n) is 1.31. The summed E-state index contributed by atoms with van der Waals surface area (Å²) in [4.78, 5) is 0. The maximum Gasteiger partial charge on any atom is 0 e. The van der Waals surface area contributed by atoms with Gasteiger partial charge >= 0.3 is 0 Å². The van der Waals surface area contributed by atoms with Crippen molar-refractivity contribution in [2.45, 2.75) is 0 Å². The molecule has 4 heavy (non-hydrogen) atoms. The van der Waals surface area contributed by atoms with Gasteiger partial charge in [0.1, 0.15) is 0 Å². The standard InChI is InChI=1S/Cu.Mn.Ni.Pd. The average Bonchev–Trinajstić information content (AvgIpc) is 0. The molecule has 0 aliphatic heterocycles. The van der Waals surface area contributed by atoms with Gasteiger partial charge in [0.25, 0.3) is 0 Å². The normalized spacial score (nSPS) is 0. The Balaban J connectivity index is 0. The molecule has 0 saturated heterocycles. The zero-order chi connectivity index (χ0) is 0. The van der Waals surface area contributed by atoms with Gasteiger partial charge in [-0.15, -0.1) is 0 Å². The van der Waals surface area contributed by atoms with E-state index in [1.165, 1.54) is 0 Å². The van der Waals surface area contributed by atoms with Crippen molar-refractivity contribution >= 4 is 0 Å². The molecule has 0 heterocycles. The second kappa shape index (κ2) is 19.0. The summed E-state index contributed by atoms with van der Waals surface area (Å²) < 4.78 is 0. The van der Waals surface area contributed by atoms with E-state index in [0.29, 0.717) is 0 Å². The molecule has 0 amide bonds. The van der Waals surface area contributed by atoms with Gasteiger partial charge in [0.05, 0.1) is 0 Å². The average molecular weight is 284 g/mol. The summed E-state index contributed by atoms with van der Waals surface area (Å²) in [6, 6.07) is 0. The van der Waals surface area contributed by atoms with Crippen LogP contribution in [-0.4, -0.2) is 0 Å². The Hall–Kier alpha value is 2.19. The molecule has 0 aliphatic carbocycles. The fourth-order valence-electron chi connectivity index (χ4n) is 0. The van der Waals surface area contributed by atoms with Crippen LogP contribution in [0.15, 0.2) is 0 Å². The van der Waals surface area contributed by atoms with Gasteiger partial charge in [-0.25, -0.2) is 0 Å². The first-order valence-electron chi connectivity index (χ1n) is 0. The minimum Gasteiger partial charge on any atom is 0 e. The van der Waals surface area contributed by atoms with Crippen LogP contribution in [0, 0.1) is 0 Å². The third-order valence-corrected chi connectivity index (χ3v) is 0. The molecule has 2 radical (unpaired) electrons. The van der Waals surface area contributed by atoms with Crippen LogP contribution in [0.3, 0.4) is 0 Å². The van der Waals surface area contributed by atoms with Gasteiger partial charge in [0.15, 0.2) is 0 Å². The fraction of sp³-hybridized carbons (Fsp3) is 0. The Kier molecular flexibility index (Phi) is 165. The van der Waals surface area contributed by atoms with Crippen molar-refractivity contribution in [1.29, 1.82) is 0 Å². The van der Waals surface area contributed by atoms with Gasteiger partial charge < -0.3 is 0 Å². The summed E-state index contributed by atoms with van der Waals surface area (Å²) in [5.41, 5.74) is 0. The Labute approximate surface area is 70.4 Å². The molecule has 0 aromatic carbocycles. The predicted octanol–water partition coefficient (Wildman–Crippen LogP) is -0.0100. The maximum atomic E-state index is 0. The van der Waals surface area contributed by atoms with Crippen LogP contribution >= 0.6 is 0 Å². The van der Waals surface area contributed by atoms with Crippen LogP contribution in [0.4, 0.5) is 0 Å². The van der Waals surface area contributed by atoms with E-state index in [0.717, 1.165) is 0 Å². The smallest absolute Gasteiger partial charge is 0 e. The van der Waals surface area contributed by atoms with Crippen LogP contribution in [0.25, 0.3) is 0 Å². The zero-order valence-corrected chi connectivity index (χ0v) is 5.98. The molecule has 0 aromatic rings. The molecule has 0 aliphatic rings. The van der Waals surface area contributed by atoms with E-state index < -0.39 is 0 Å². The van der Waals surface area contributed by atoms with Gasteiger partial charge in [-0.2, -0.15) is 0 Å². The summed E-state index contributed by atoms with van der Waals surface area (Å²) >= 11 is 0. The molecule has 0 saturated carbocycles. The van der Waals surface area contributed by atoms with Gasteiger partial charge in [0, 0.05) is 71.1 Å². The first kappa shape index (κ1) is 34.7. The molecule has 0 spiro atoms. The van der Waals surface area contributed by atoms with Crippen molar-refractivity contribution in [2.24, 2.45) is 0 Å². The summed E-state index contributed by atoms with van der Waals surface area (Å²) in [5.74, 6) is 0. The quantitative estimate of drug-likeness (QED) is 0.549. The minimum atomic E-state index is 0.